The normalized spacial score (nSPS) is 10.2. The molecule has 0 bridgehead atoms. The van der Waals surface area contributed by atoms with E-state index < -0.39 is 0 Å². The van der Waals surface area contributed by atoms with Crippen LogP contribution in [-0.4, -0.2) is 38.0 Å². The maximum absolute atomic E-state index is 11.1. The molecule has 0 heterocycles. The molecule has 0 saturated heterocycles. The predicted molar refractivity (Wildman–Crippen MR) is 60.3 cm³/mol. The lowest BCUT2D eigenvalue weighted by Crippen LogP contribution is -2.33. The Bertz CT molecular complexity index is 146. The summed E-state index contributed by atoms with van der Waals surface area (Å²) in [7, 11) is 3.57. The maximum atomic E-state index is 11.1. The van der Waals surface area contributed by atoms with E-state index in [2.05, 4.69) is 12.2 Å². The number of carbonyl (C=O) groups is 1. The van der Waals surface area contributed by atoms with Gasteiger partial charge in [0.1, 0.15) is 0 Å². The third kappa shape index (κ3) is 8.05. The molecule has 1 amide bonds. The number of nitrogens with zero attached hydrogens (tertiary/aromatic N) is 1. The third-order valence-electron chi connectivity index (χ3n) is 2.23. The smallest absolute Gasteiger partial charge is 0.236 e. The van der Waals surface area contributed by atoms with Crippen molar-refractivity contribution >= 4 is 5.91 Å². The molecule has 0 spiro atoms. The standard InChI is InChI=1S/C11H24N2O/c1-4-5-6-7-8-9-12-10-11(14)13(2)3/h12H,4-10H2,1-3H3. The molecule has 0 aromatic heterocycles. The van der Waals surface area contributed by atoms with Crippen LogP contribution in [0.1, 0.15) is 39.0 Å². The fourth-order valence-electron chi connectivity index (χ4n) is 1.21. The van der Waals surface area contributed by atoms with Crippen molar-refractivity contribution < 1.29 is 4.79 Å². The largest absolute Gasteiger partial charge is 0.348 e. The zero-order valence-corrected chi connectivity index (χ0v) is 9.81. The highest BCUT2D eigenvalue weighted by molar-refractivity contribution is 5.77. The van der Waals surface area contributed by atoms with Gasteiger partial charge in [-0.1, -0.05) is 32.6 Å². The topological polar surface area (TPSA) is 32.3 Å². The van der Waals surface area contributed by atoms with Gasteiger partial charge >= 0.3 is 0 Å². The molecule has 0 aromatic rings. The Balaban J connectivity index is 3.10. The van der Waals surface area contributed by atoms with E-state index in [0.29, 0.717) is 6.54 Å². The van der Waals surface area contributed by atoms with Gasteiger partial charge < -0.3 is 10.2 Å². The van der Waals surface area contributed by atoms with Crippen LogP contribution in [0.5, 0.6) is 0 Å². The number of unbranched alkanes of at least 4 members (excludes halogenated alkanes) is 4. The van der Waals surface area contributed by atoms with Crippen LogP contribution in [0.4, 0.5) is 0 Å². The Morgan fingerprint density at radius 3 is 2.36 bits per heavy atom. The zero-order valence-electron chi connectivity index (χ0n) is 9.81. The number of hydrogen-bond acceptors (Lipinski definition) is 2. The van der Waals surface area contributed by atoms with Crippen LogP contribution in [0.3, 0.4) is 0 Å². The van der Waals surface area contributed by atoms with Gasteiger partial charge in [0.15, 0.2) is 0 Å². The molecule has 0 aliphatic rings. The molecule has 3 nitrogen and oxygen atoms in total. The SMILES string of the molecule is CCCCCCCNCC(=O)N(C)C. The first-order valence-corrected chi connectivity index (χ1v) is 5.59. The van der Waals surface area contributed by atoms with Crippen LogP contribution in [0.15, 0.2) is 0 Å². The molecule has 0 aliphatic carbocycles. The molecular formula is C11H24N2O. The quantitative estimate of drug-likeness (QED) is 0.604. The highest BCUT2D eigenvalue weighted by Crippen LogP contribution is 2.00. The highest BCUT2D eigenvalue weighted by Gasteiger charge is 2.01. The van der Waals surface area contributed by atoms with E-state index in [-0.39, 0.29) is 5.91 Å². The molecule has 0 saturated carbocycles. The fraction of sp³-hybridized carbons (Fsp3) is 0.909. The molecule has 0 aromatic carbocycles. The monoisotopic (exact) mass is 200 g/mol. The Hall–Kier alpha value is -0.570. The van der Waals surface area contributed by atoms with E-state index in [9.17, 15) is 4.79 Å². The van der Waals surface area contributed by atoms with E-state index in [0.717, 1.165) is 6.54 Å². The number of rotatable bonds is 8. The van der Waals surface area contributed by atoms with Crippen molar-refractivity contribution in [3.63, 3.8) is 0 Å². The van der Waals surface area contributed by atoms with Crippen LogP contribution in [0, 0.1) is 0 Å². The second kappa shape index (κ2) is 9.00. The first kappa shape index (κ1) is 13.4. The van der Waals surface area contributed by atoms with Gasteiger partial charge in [0.05, 0.1) is 6.54 Å². The number of carbonyl (C=O) groups excluding carboxylic acids is 1. The summed E-state index contributed by atoms with van der Waals surface area (Å²) in [5.41, 5.74) is 0. The average molecular weight is 200 g/mol. The Morgan fingerprint density at radius 2 is 1.79 bits per heavy atom. The fourth-order valence-corrected chi connectivity index (χ4v) is 1.21. The van der Waals surface area contributed by atoms with E-state index in [1.54, 1.807) is 19.0 Å². The summed E-state index contributed by atoms with van der Waals surface area (Å²) in [6, 6.07) is 0. The zero-order chi connectivity index (χ0) is 10.8. The van der Waals surface area contributed by atoms with Crippen LogP contribution in [-0.2, 0) is 4.79 Å². The molecule has 1 N–H and O–H groups in total. The van der Waals surface area contributed by atoms with E-state index >= 15 is 0 Å². The average Bonchev–Trinajstić information content (AvgIpc) is 2.16. The Kier molecular flexibility index (Phi) is 8.64. The molecule has 0 fully saturated rings. The summed E-state index contributed by atoms with van der Waals surface area (Å²) < 4.78 is 0. The van der Waals surface area contributed by atoms with Gasteiger partial charge in [0, 0.05) is 14.1 Å². The van der Waals surface area contributed by atoms with Gasteiger partial charge in [-0.3, -0.25) is 4.79 Å². The van der Waals surface area contributed by atoms with Crippen molar-refractivity contribution in [2.45, 2.75) is 39.0 Å². The first-order chi connectivity index (χ1) is 6.68. The summed E-state index contributed by atoms with van der Waals surface area (Å²) in [5, 5.41) is 3.15. The maximum Gasteiger partial charge on any atom is 0.236 e. The van der Waals surface area contributed by atoms with Crippen molar-refractivity contribution in [1.29, 1.82) is 0 Å². The van der Waals surface area contributed by atoms with Crippen LogP contribution in [0.25, 0.3) is 0 Å². The minimum absolute atomic E-state index is 0.151. The molecule has 0 radical (unpaired) electrons. The van der Waals surface area contributed by atoms with Crippen LogP contribution >= 0.6 is 0 Å². The van der Waals surface area contributed by atoms with Crippen molar-refractivity contribution in [3.05, 3.63) is 0 Å². The summed E-state index contributed by atoms with van der Waals surface area (Å²) in [5.74, 6) is 0.151. The summed E-state index contributed by atoms with van der Waals surface area (Å²) in [6.07, 6.45) is 6.39. The molecule has 14 heavy (non-hydrogen) atoms. The van der Waals surface area contributed by atoms with E-state index in [1.807, 2.05) is 0 Å². The third-order valence-corrected chi connectivity index (χ3v) is 2.23. The molecule has 0 unspecified atom stereocenters. The highest BCUT2D eigenvalue weighted by atomic mass is 16.2. The summed E-state index contributed by atoms with van der Waals surface area (Å²) in [6.45, 7) is 3.65. The van der Waals surface area contributed by atoms with Gasteiger partial charge in [0.2, 0.25) is 5.91 Å². The molecule has 0 aliphatic heterocycles. The number of nitrogens with one attached hydrogen (secondary N) is 1. The molecule has 0 rings (SSSR count). The lowest BCUT2D eigenvalue weighted by Gasteiger charge is -2.10. The van der Waals surface area contributed by atoms with Gasteiger partial charge in [-0.05, 0) is 13.0 Å². The minimum Gasteiger partial charge on any atom is -0.348 e. The summed E-state index contributed by atoms with van der Waals surface area (Å²) in [4.78, 5) is 12.8. The van der Waals surface area contributed by atoms with Gasteiger partial charge in [-0.2, -0.15) is 0 Å². The van der Waals surface area contributed by atoms with Crippen molar-refractivity contribution in [2.24, 2.45) is 0 Å². The number of likely N-dealkylation sites (N-methyl/N-ethyl adjacent to an activating group) is 1. The van der Waals surface area contributed by atoms with Crippen molar-refractivity contribution in [1.82, 2.24) is 10.2 Å². The second-order valence-electron chi connectivity index (χ2n) is 3.88. The van der Waals surface area contributed by atoms with Crippen molar-refractivity contribution in [2.75, 3.05) is 27.2 Å². The lowest BCUT2D eigenvalue weighted by atomic mass is 10.1. The number of hydrogen-bond donors (Lipinski definition) is 1. The van der Waals surface area contributed by atoms with Gasteiger partial charge in [-0.15, -0.1) is 0 Å². The Labute approximate surface area is 87.9 Å². The molecular weight excluding hydrogens is 176 g/mol. The molecule has 0 atom stereocenters. The number of amides is 1. The van der Waals surface area contributed by atoms with Gasteiger partial charge in [0.25, 0.3) is 0 Å². The molecule has 3 heteroatoms. The molecule has 84 valence electrons. The van der Waals surface area contributed by atoms with E-state index in [4.69, 9.17) is 0 Å². The van der Waals surface area contributed by atoms with E-state index in [1.165, 1.54) is 32.1 Å². The van der Waals surface area contributed by atoms with Crippen LogP contribution < -0.4 is 5.32 Å². The Morgan fingerprint density at radius 1 is 1.14 bits per heavy atom. The first-order valence-electron chi connectivity index (χ1n) is 5.59. The lowest BCUT2D eigenvalue weighted by molar-refractivity contribution is -0.127. The van der Waals surface area contributed by atoms with Crippen LogP contribution in [0.2, 0.25) is 0 Å². The summed E-state index contributed by atoms with van der Waals surface area (Å²) >= 11 is 0. The van der Waals surface area contributed by atoms with Gasteiger partial charge in [-0.25, -0.2) is 0 Å². The minimum atomic E-state index is 0.151. The predicted octanol–water partition coefficient (Wildman–Crippen LogP) is 1.63. The van der Waals surface area contributed by atoms with Crippen molar-refractivity contribution in [3.8, 4) is 0 Å². The second-order valence-corrected chi connectivity index (χ2v) is 3.88.